The zero-order valence-corrected chi connectivity index (χ0v) is 35.1. The normalized spacial score (nSPS) is 17.3. The highest BCUT2D eigenvalue weighted by Gasteiger charge is 2.39. The predicted molar refractivity (Wildman–Crippen MR) is 235 cm³/mol. The number of carbonyl (C=O) groups is 4. The number of aromatic amines is 2. The number of H-pyrrole nitrogens is 2. The standard InChI is InChI=1S/C48H45N9O7/c1-62-47(60)53-40(28-11-5-3-6-12-28)45(58)56-22-9-15-36(56)43-49-26-33(51-43)30-17-19-35-39(25-30)64-38-20-18-31(32-21-24-55(35)42(32)38)34-27-50-44(52-34)37-16-10-23-57(37)46(59)41(54-48(61)63-2)29-13-7-4-8-14-29/h3-8,11-14,17-21,24-27,36-37,40-41H,9-10,15-16,22-23H2,1-2H3,(H,49,51)(H,50,52)(H,53,60)(H,54,61)/t36-,37-,40+,41+/m0/s1. The number of hydrogen-bond acceptors (Lipinski definition) is 9. The fourth-order valence-electron chi connectivity index (χ4n) is 9.30. The maximum absolute atomic E-state index is 14.1. The third-order valence-corrected chi connectivity index (χ3v) is 12.4. The summed E-state index contributed by atoms with van der Waals surface area (Å²) in [6.07, 6.45) is 7.27. The van der Waals surface area contributed by atoms with E-state index in [9.17, 15) is 19.2 Å². The molecule has 16 heteroatoms. The summed E-state index contributed by atoms with van der Waals surface area (Å²) in [5.74, 6) is 2.24. The monoisotopic (exact) mass is 859 g/mol. The molecule has 2 fully saturated rings. The zero-order valence-electron chi connectivity index (χ0n) is 35.1. The van der Waals surface area contributed by atoms with Crippen molar-refractivity contribution in [2.24, 2.45) is 0 Å². The van der Waals surface area contributed by atoms with Crippen molar-refractivity contribution in [3.63, 3.8) is 0 Å². The van der Waals surface area contributed by atoms with Gasteiger partial charge in [0.05, 0.1) is 61.3 Å². The van der Waals surface area contributed by atoms with E-state index in [1.165, 1.54) is 14.2 Å². The van der Waals surface area contributed by atoms with Crippen LogP contribution in [0, 0.1) is 0 Å². The Balaban J connectivity index is 0.879. The van der Waals surface area contributed by atoms with Crippen LogP contribution in [0.25, 0.3) is 39.1 Å². The summed E-state index contributed by atoms with van der Waals surface area (Å²) in [7, 11) is 2.55. The van der Waals surface area contributed by atoms with E-state index in [0.717, 1.165) is 64.8 Å². The van der Waals surface area contributed by atoms with Crippen molar-refractivity contribution in [2.75, 3.05) is 27.3 Å². The number of alkyl carbamates (subject to hydrolysis) is 2. The number of ether oxygens (including phenoxy) is 3. The van der Waals surface area contributed by atoms with Crippen LogP contribution < -0.4 is 15.4 Å². The van der Waals surface area contributed by atoms with E-state index in [1.807, 2.05) is 97.2 Å². The molecular formula is C48H45N9O7. The molecule has 0 radical (unpaired) electrons. The van der Waals surface area contributed by atoms with E-state index in [0.29, 0.717) is 47.4 Å². The minimum atomic E-state index is -0.907. The van der Waals surface area contributed by atoms with Crippen LogP contribution in [-0.4, -0.2) is 85.6 Å². The van der Waals surface area contributed by atoms with Gasteiger partial charge in [-0.05, 0) is 67.1 Å². The first kappa shape index (κ1) is 40.2. The molecule has 3 aliphatic heterocycles. The van der Waals surface area contributed by atoms with Gasteiger partial charge in [-0.2, -0.15) is 0 Å². The fraction of sp³-hybridized carbons (Fsp3) is 0.250. The quantitative estimate of drug-likeness (QED) is 0.106. The summed E-state index contributed by atoms with van der Waals surface area (Å²) < 4.78 is 18.4. The van der Waals surface area contributed by atoms with Crippen molar-refractivity contribution < 1.29 is 33.4 Å². The molecule has 6 heterocycles. The summed E-state index contributed by atoms with van der Waals surface area (Å²) in [5, 5.41) is 6.41. The summed E-state index contributed by atoms with van der Waals surface area (Å²) in [6, 6.07) is 27.9. The van der Waals surface area contributed by atoms with Crippen LogP contribution in [0.15, 0.2) is 116 Å². The predicted octanol–water partition coefficient (Wildman–Crippen LogP) is 8.04. The van der Waals surface area contributed by atoms with Gasteiger partial charge >= 0.3 is 12.2 Å². The lowest BCUT2D eigenvalue weighted by Crippen LogP contribution is -2.42. The number of carbonyl (C=O) groups excluding carboxylic acids is 4. The molecule has 16 nitrogen and oxygen atoms in total. The summed E-state index contributed by atoms with van der Waals surface area (Å²) in [5.41, 5.74) is 6.51. The number of hydrogen-bond donors (Lipinski definition) is 4. The first-order valence-corrected chi connectivity index (χ1v) is 21.3. The number of nitrogens with zero attached hydrogens (tertiary/aromatic N) is 5. The maximum Gasteiger partial charge on any atom is 0.407 e. The molecule has 0 spiro atoms. The Hall–Kier alpha value is -7.88. The van der Waals surface area contributed by atoms with E-state index >= 15 is 0 Å². The summed E-state index contributed by atoms with van der Waals surface area (Å²) in [6.45, 7) is 1.06. The number of likely N-dealkylation sites (tertiary alicyclic amines) is 2. The van der Waals surface area contributed by atoms with E-state index < -0.39 is 24.3 Å². The van der Waals surface area contributed by atoms with Crippen LogP contribution in [0.1, 0.15) is 72.6 Å². The molecule has 2 saturated heterocycles. The van der Waals surface area contributed by atoms with Gasteiger partial charge in [-0.15, -0.1) is 0 Å². The zero-order chi connectivity index (χ0) is 43.9. The number of nitrogens with one attached hydrogen (secondary N) is 4. The molecule has 0 bridgehead atoms. The lowest BCUT2D eigenvalue weighted by Gasteiger charge is -2.28. The number of imidazole rings is 2. The molecule has 4 N–H and O–H groups in total. The lowest BCUT2D eigenvalue weighted by molar-refractivity contribution is -0.135. The Morgan fingerprint density at radius 1 is 0.688 bits per heavy atom. The molecule has 7 aromatic rings. The molecule has 4 aromatic carbocycles. The molecule has 10 rings (SSSR count). The molecule has 4 atom stereocenters. The number of aromatic nitrogens is 5. The van der Waals surface area contributed by atoms with Gasteiger partial charge in [0.15, 0.2) is 11.5 Å². The summed E-state index contributed by atoms with van der Waals surface area (Å²) in [4.78, 5) is 72.8. The van der Waals surface area contributed by atoms with Gasteiger partial charge in [-0.1, -0.05) is 66.7 Å². The second-order valence-electron chi connectivity index (χ2n) is 16.0. The molecule has 64 heavy (non-hydrogen) atoms. The number of amides is 4. The molecular weight excluding hydrogens is 815 g/mol. The highest BCUT2D eigenvalue weighted by molar-refractivity contribution is 6.00. The number of methoxy groups -OCH3 is 2. The fourth-order valence-corrected chi connectivity index (χ4v) is 9.30. The Morgan fingerprint density at radius 3 is 1.83 bits per heavy atom. The Kier molecular flexibility index (Phi) is 10.5. The van der Waals surface area contributed by atoms with Gasteiger partial charge in [0.1, 0.15) is 23.7 Å². The summed E-state index contributed by atoms with van der Waals surface area (Å²) >= 11 is 0. The van der Waals surface area contributed by atoms with Crippen LogP contribution in [-0.2, 0) is 19.1 Å². The largest absolute Gasteiger partial charge is 0.453 e. The van der Waals surface area contributed by atoms with Gasteiger partial charge in [0, 0.05) is 35.8 Å². The van der Waals surface area contributed by atoms with Crippen LogP contribution >= 0.6 is 0 Å². The van der Waals surface area contributed by atoms with Crippen LogP contribution in [0.5, 0.6) is 11.5 Å². The molecule has 3 aliphatic rings. The van der Waals surface area contributed by atoms with Crippen molar-refractivity contribution in [1.29, 1.82) is 0 Å². The van der Waals surface area contributed by atoms with Crippen molar-refractivity contribution >= 4 is 34.9 Å². The second kappa shape index (κ2) is 16.8. The first-order valence-electron chi connectivity index (χ1n) is 21.3. The van der Waals surface area contributed by atoms with Crippen molar-refractivity contribution in [1.82, 2.24) is 44.9 Å². The lowest BCUT2D eigenvalue weighted by atomic mass is 10.0. The van der Waals surface area contributed by atoms with Crippen molar-refractivity contribution in [3.05, 3.63) is 138 Å². The van der Waals surface area contributed by atoms with Gasteiger partial charge in [-0.3, -0.25) is 9.59 Å². The van der Waals surface area contributed by atoms with E-state index in [-0.39, 0.29) is 23.9 Å². The molecule has 0 aliphatic carbocycles. The van der Waals surface area contributed by atoms with Gasteiger partial charge in [0.25, 0.3) is 11.8 Å². The van der Waals surface area contributed by atoms with Gasteiger partial charge in [-0.25, -0.2) is 19.6 Å². The minimum absolute atomic E-state index is 0.231. The number of rotatable bonds is 10. The van der Waals surface area contributed by atoms with E-state index in [2.05, 4.69) is 31.2 Å². The second-order valence-corrected chi connectivity index (χ2v) is 16.0. The topological polar surface area (TPSA) is 189 Å². The average molecular weight is 860 g/mol. The number of fused-ring (bicyclic) bond motifs is 2. The third kappa shape index (κ3) is 7.25. The van der Waals surface area contributed by atoms with Crippen LogP contribution in [0.4, 0.5) is 9.59 Å². The van der Waals surface area contributed by atoms with Crippen LogP contribution in [0.2, 0.25) is 0 Å². The first-order chi connectivity index (χ1) is 31.3. The molecule has 4 amide bonds. The smallest absolute Gasteiger partial charge is 0.407 e. The Morgan fingerprint density at radius 2 is 1.25 bits per heavy atom. The molecule has 0 saturated carbocycles. The molecule has 324 valence electrons. The van der Waals surface area contributed by atoms with Gasteiger partial charge < -0.3 is 49.2 Å². The highest BCUT2D eigenvalue weighted by Crippen LogP contribution is 2.46. The maximum atomic E-state index is 14.1. The van der Waals surface area contributed by atoms with Crippen molar-refractivity contribution in [3.8, 4) is 39.7 Å². The van der Waals surface area contributed by atoms with Gasteiger partial charge in [0.2, 0.25) is 0 Å². The van der Waals surface area contributed by atoms with E-state index in [1.54, 1.807) is 22.2 Å². The van der Waals surface area contributed by atoms with Crippen LogP contribution in [0.3, 0.4) is 0 Å². The van der Waals surface area contributed by atoms with E-state index in [4.69, 9.17) is 24.2 Å². The Labute approximate surface area is 367 Å². The minimum Gasteiger partial charge on any atom is -0.453 e. The van der Waals surface area contributed by atoms with Crippen molar-refractivity contribution in [2.45, 2.75) is 49.9 Å². The highest BCUT2D eigenvalue weighted by atomic mass is 16.5. The SMILES string of the molecule is COC(=O)N[C@@H](C(=O)N1CCC[C@H]1c1ncc(-c2ccc3c(c2)Oc2ccc(-c4cnc([C@@H]5CCCN5C(=O)[C@H](NC(=O)OC)c5ccccc5)[nH]4)c4ccn-3c24)[nH]1)c1ccccc1. The number of benzene rings is 4. The molecule has 0 unspecified atom stereocenters. The molecule has 3 aromatic heterocycles. The Bertz CT molecular complexity index is 2890. The third-order valence-electron chi connectivity index (χ3n) is 12.4. The average Bonchev–Trinajstić information content (AvgIpc) is 4.20.